The highest BCUT2D eigenvalue weighted by Crippen LogP contribution is 2.25. The lowest BCUT2D eigenvalue weighted by Crippen LogP contribution is -2.34. The number of carboxylic acid groups (broad SMARTS) is 1. The Hall–Kier alpha value is -1.62. The Morgan fingerprint density at radius 1 is 1.17 bits per heavy atom. The number of nitrogens with zero attached hydrogens (tertiary/aromatic N) is 1. The molecule has 2 aliphatic rings. The van der Waals surface area contributed by atoms with Crippen LogP contribution >= 0.6 is 0 Å². The van der Waals surface area contributed by atoms with E-state index in [1.807, 2.05) is 12.3 Å². The molecule has 2 N–H and O–H groups in total. The van der Waals surface area contributed by atoms with Crippen molar-refractivity contribution in [2.45, 2.75) is 70.1 Å². The second-order valence-corrected chi connectivity index (χ2v) is 6.80. The topological polar surface area (TPSA) is 71.5 Å². The third-order valence-corrected chi connectivity index (χ3v) is 5.06. The lowest BCUT2D eigenvalue weighted by molar-refractivity contribution is -0.142. The van der Waals surface area contributed by atoms with Gasteiger partial charge in [-0.25, -0.2) is 4.98 Å². The van der Waals surface area contributed by atoms with E-state index >= 15 is 0 Å². The summed E-state index contributed by atoms with van der Waals surface area (Å²) in [6.07, 6.45) is 10.5. The number of pyridine rings is 1. The van der Waals surface area contributed by atoms with Crippen LogP contribution < -0.4 is 10.1 Å². The fourth-order valence-electron chi connectivity index (χ4n) is 3.57. The van der Waals surface area contributed by atoms with Crippen LogP contribution in [0, 0.1) is 5.92 Å². The van der Waals surface area contributed by atoms with Crippen LogP contribution in [0.4, 0.5) is 0 Å². The average molecular weight is 318 g/mol. The molecule has 126 valence electrons. The van der Waals surface area contributed by atoms with E-state index in [2.05, 4.69) is 16.4 Å². The molecule has 0 amide bonds. The van der Waals surface area contributed by atoms with Gasteiger partial charge in [0, 0.05) is 24.8 Å². The minimum Gasteiger partial charge on any atom is -0.481 e. The van der Waals surface area contributed by atoms with Gasteiger partial charge in [-0.2, -0.15) is 0 Å². The predicted octanol–water partition coefficient (Wildman–Crippen LogP) is 3.14. The van der Waals surface area contributed by atoms with Gasteiger partial charge >= 0.3 is 5.97 Å². The Labute approximate surface area is 137 Å². The molecule has 0 saturated heterocycles. The molecule has 5 nitrogen and oxygen atoms in total. The summed E-state index contributed by atoms with van der Waals surface area (Å²) in [6, 6.07) is 4.43. The molecule has 1 aromatic heterocycles. The first kappa shape index (κ1) is 16.2. The monoisotopic (exact) mass is 318 g/mol. The maximum Gasteiger partial charge on any atom is 0.306 e. The fraction of sp³-hybridized carbons (Fsp3) is 0.667. The second kappa shape index (κ2) is 7.77. The van der Waals surface area contributed by atoms with Crippen molar-refractivity contribution in [3.05, 3.63) is 23.9 Å². The van der Waals surface area contributed by atoms with Crippen molar-refractivity contribution in [2.75, 3.05) is 0 Å². The summed E-state index contributed by atoms with van der Waals surface area (Å²) in [5, 5.41) is 12.5. The van der Waals surface area contributed by atoms with E-state index in [1.165, 1.54) is 12.8 Å². The van der Waals surface area contributed by atoms with E-state index < -0.39 is 5.97 Å². The zero-order chi connectivity index (χ0) is 16.1. The number of ether oxygens (including phenoxy) is 1. The first-order valence-corrected chi connectivity index (χ1v) is 8.78. The molecule has 0 spiro atoms. The quantitative estimate of drug-likeness (QED) is 0.843. The van der Waals surface area contributed by atoms with Crippen molar-refractivity contribution >= 4 is 5.97 Å². The summed E-state index contributed by atoms with van der Waals surface area (Å²) in [5.74, 6) is -0.0742. The molecule has 3 rings (SSSR count). The van der Waals surface area contributed by atoms with Gasteiger partial charge < -0.3 is 15.2 Å². The zero-order valence-electron chi connectivity index (χ0n) is 13.5. The van der Waals surface area contributed by atoms with Crippen molar-refractivity contribution < 1.29 is 14.6 Å². The summed E-state index contributed by atoms with van der Waals surface area (Å²) < 4.78 is 5.87. The fourth-order valence-corrected chi connectivity index (χ4v) is 3.57. The van der Waals surface area contributed by atoms with Crippen molar-refractivity contribution in [3.63, 3.8) is 0 Å². The first-order chi connectivity index (χ1) is 11.2. The number of aliphatic carboxylic acids is 1. The van der Waals surface area contributed by atoms with Gasteiger partial charge in [-0.15, -0.1) is 0 Å². The molecule has 0 atom stereocenters. The van der Waals surface area contributed by atoms with E-state index in [-0.39, 0.29) is 5.92 Å². The summed E-state index contributed by atoms with van der Waals surface area (Å²) in [5.41, 5.74) is 1.14. The lowest BCUT2D eigenvalue weighted by atomic mass is 9.86. The van der Waals surface area contributed by atoms with Gasteiger partial charge in [0.15, 0.2) is 0 Å². The molecular weight excluding hydrogens is 292 g/mol. The summed E-state index contributed by atoms with van der Waals surface area (Å²) >= 11 is 0. The Bertz CT molecular complexity index is 504. The number of rotatable bonds is 6. The van der Waals surface area contributed by atoms with Crippen LogP contribution in [0.15, 0.2) is 18.3 Å². The van der Waals surface area contributed by atoms with Crippen molar-refractivity contribution in [3.8, 4) is 5.88 Å². The van der Waals surface area contributed by atoms with E-state index in [9.17, 15) is 4.79 Å². The van der Waals surface area contributed by atoms with Crippen molar-refractivity contribution in [1.29, 1.82) is 0 Å². The summed E-state index contributed by atoms with van der Waals surface area (Å²) in [6.45, 7) is 0.777. The minimum atomic E-state index is -0.648. The van der Waals surface area contributed by atoms with Gasteiger partial charge in [0.1, 0.15) is 6.10 Å². The Balaban J connectivity index is 1.41. The van der Waals surface area contributed by atoms with E-state index in [0.29, 0.717) is 12.1 Å². The molecule has 0 unspecified atom stereocenters. The molecule has 1 heterocycles. The third-order valence-electron chi connectivity index (χ3n) is 5.06. The number of hydrogen-bond donors (Lipinski definition) is 2. The highest BCUT2D eigenvalue weighted by Gasteiger charge is 2.25. The molecule has 2 aliphatic carbocycles. The van der Waals surface area contributed by atoms with Gasteiger partial charge in [0.2, 0.25) is 5.88 Å². The highest BCUT2D eigenvalue weighted by molar-refractivity contribution is 5.70. The van der Waals surface area contributed by atoms with Crippen LogP contribution in [0.1, 0.15) is 56.9 Å². The lowest BCUT2D eigenvalue weighted by Gasteiger charge is -2.27. The van der Waals surface area contributed by atoms with Crippen molar-refractivity contribution in [2.24, 2.45) is 5.92 Å². The Morgan fingerprint density at radius 2 is 1.91 bits per heavy atom. The smallest absolute Gasteiger partial charge is 0.306 e. The molecule has 23 heavy (non-hydrogen) atoms. The van der Waals surface area contributed by atoms with Crippen LogP contribution in [0.5, 0.6) is 5.88 Å². The van der Waals surface area contributed by atoms with Crippen LogP contribution in [0.25, 0.3) is 0 Å². The number of nitrogens with one attached hydrogen (secondary N) is 1. The maximum absolute atomic E-state index is 11.0. The molecule has 0 aliphatic heterocycles. The van der Waals surface area contributed by atoms with Crippen LogP contribution in [0.2, 0.25) is 0 Å². The molecule has 1 aromatic rings. The average Bonchev–Trinajstić information content (AvgIpc) is 3.07. The van der Waals surface area contributed by atoms with Gasteiger partial charge in [0.05, 0.1) is 5.92 Å². The van der Waals surface area contributed by atoms with Gasteiger partial charge in [-0.1, -0.05) is 6.07 Å². The SMILES string of the molecule is O=C(O)C1CCC(NCc2ccc(OC3CCCC3)nc2)CC1. The maximum atomic E-state index is 11.0. The Kier molecular flexibility index (Phi) is 5.49. The van der Waals surface area contributed by atoms with E-state index in [0.717, 1.165) is 56.5 Å². The second-order valence-electron chi connectivity index (χ2n) is 6.80. The van der Waals surface area contributed by atoms with Crippen LogP contribution in [0.3, 0.4) is 0 Å². The molecule has 0 bridgehead atoms. The van der Waals surface area contributed by atoms with E-state index in [4.69, 9.17) is 9.84 Å². The minimum absolute atomic E-state index is 0.151. The van der Waals surface area contributed by atoms with Gasteiger partial charge in [-0.3, -0.25) is 4.79 Å². The van der Waals surface area contributed by atoms with Crippen LogP contribution in [-0.2, 0) is 11.3 Å². The largest absolute Gasteiger partial charge is 0.481 e. The Morgan fingerprint density at radius 3 is 2.52 bits per heavy atom. The van der Waals surface area contributed by atoms with Gasteiger partial charge in [0.25, 0.3) is 0 Å². The first-order valence-electron chi connectivity index (χ1n) is 8.78. The number of hydrogen-bond acceptors (Lipinski definition) is 4. The molecule has 5 heteroatoms. The van der Waals surface area contributed by atoms with Crippen molar-refractivity contribution in [1.82, 2.24) is 10.3 Å². The zero-order valence-corrected chi connectivity index (χ0v) is 13.5. The number of aromatic nitrogens is 1. The normalized spacial score (nSPS) is 25.4. The highest BCUT2D eigenvalue weighted by atomic mass is 16.5. The molecule has 2 saturated carbocycles. The number of carbonyl (C=O) groups is 1. The summed E-state index contributed by atoms with van der Waals surface area (Å²) in [7, 11) is 0. The predicted molar refractivity (Wildman–Crippen MR) is 87.3 cm³/mol. The van der Waals surface area contributed by atoms with Crippen LogP contribution in [-0.4, -0.2) is 28.2 Å². The number of carboxylic acids is 1. The standard InChI is InChI=1S/C18H26N2O3/c21-18(22)14-6-8-15(9-7-14)19-11-13-5-10-17(20-12-13)23-16-3-1-2-4-16/h5,10,12,14-16,19H,1-4,6-9,11H2,(H,21,22). The third kappa shape index (κ3) is 4.67. The van der Waals surface area contributed by atoms with Gasteiger partial charge in [-0.05, 0) is 56.9 Å². The summed E-state index contributed by atoms with van der Waals surface area (Å²) in [4.78, 5) is 15.4. The molecule has 2 fully saturated rings. The molecule has 0 aromatic carbocycles. The van der Waals surface area contributed by atoms with E-state index in [1.54, 1.807) is 0 Å². The molecule has 0 radical (unpaired) electrons. The molecular formula is C18H26N2O3.